The second-order valence-corrected chi connectivity index (χ2v) is 3.76. The van der Waals surface area contributed by atoms with Crippen LogP contribution >= 0.6 is 0 Å². The van der Waals surface area contributed by atoms with Crippen LogP contribution in [0.2, 0.25) is 0 Å². The molecule has 0 aliphatic heterocycles. The summed E-state index contributed by atoms with van der Waals surface area (Å²) in [6.45, 7) is 3.39. The van der Waals surface area contributed by atoms with Gasteiger partial charge < -0.3 is 5.21 Å². The van der Waals surface area contributed by atoms with E-state index in [2.05, 4.69) is 11.9 Å². The van der Waals surface area contributed by atoms with E-state index in [-0.39, 0.29) is 6.04 Å². The van der Waals surface area contributed by atoms with Crippen molar-refractivity contribution in [1.29, 1.82) is 0 Å². The molecule has 0 fully saturated rings. The molecule has 1 aliphatic rings. The standard InChI is InChI=1S/C11H12N2O2/c1-13(15)11-7-3-4-8-9(11)5-2-6-10(8)12-14/h2,5-6,11H,1,3-4,7H2. The smallest absolute Gasteiger partial charge is 0.188 e. The van der Waals surface area contributed by atoms with Gasteiger partial charge in [-0.2, -0.15) is 0 Å². The molecule has 0 radical (unpaired) electrons. The highest BCUT2D eigenvalue weighted by molar-refractivity contribution is 5.51. The van der Waals surface area contributed by atoms with Crippen LogP contribution in [-0.4, -0.2) is 11.5 Å². The minimum absolute atomic E-state index is 0.226. The molecular formula is C11H12N2O2. The third-order valence-corrected chi connectivity index (χ3v) is 2.90. The van der Waals surface area contributed by atoms with Gasteiger partial charge in [0.15, 0.2) is 6.04 Å². The molecule has 0 saturated carbocycles. The van der Waals surface area contributed by atoms with Crippen LogP contribution in [0.1, 0.15) is 30.0 Å². The van der Waals surface area contributed by atoms with E-state index in [1.165, 1.54) is 0 Å². The van der Waals surface area contributed by atoms with E-state index in [4.69, 9.17) is 0 Å². The van der Waals surface area contributed by atoms with Crippen molar-refractivity contribution in [2.75, 3.05) is 0 Å². The van der Waals surface area contributed by atoms with Crippen LogP contribution in [0.4, 0.5) is 5.69 Å². The number of fused-ring (bicyclic) bond motifs is 1. The van der Waals surface area contributed by atoms with Crippen LogP contribution in [0, 0.1) is 10.1 Å². The number of hydroxylamine groups is 1. The molecule has 0 bridgehead atoms. The number of nitroso groups, excluding NO2 is 1. The predicted molar refractivity (Wildman–Crippen MR) is 58.3 cm³/mol. The number of hydrogen-bond donors (Lipinski definition) is 0. The summed E-state index contributed by atoms with van der Waals surface area (Å²) in [6.07, 6.45) is 2.52. The van der Waals surface area contributed by atoms with Gasteiger partial charge in [-0.05, 0) is 29.6 Å². The average Bonchev–Trinajstić information content (AvgIpc) is 2.27. The molecule has 4 nitrogen and oxygen atoms in total. The first-order valence-corrected chi connectivity index (χ1v) is 4.96. The van der Waals surface area contributed by atoms with Crippen LogP contribution < -0.4 is 0 Å². The molecule has 0 saturated heterocycles. The maximum atomic E-state index is 11.3. The van der Waals surface area contributed by atoms with Crippen molar-refractivity contribution in [3.05, 3.63) is 39.4 Å². The first kappa shape index (κ1) is 9.83. The molecule has 0 heterocycles. The zero-order chi connectivity index (χ0) is 10.8. The molecule has 1 unspecified atom stereocenters. The number of nitrogens with zero attached hydrogens (tertiary/aromatic N) is 2. The first-order chi connectivity index (χ1) is 7.24. The molecule has 0 amide bonds. The lowest BCUT2D eigenvalue weighted by Gasteiger charge is -2.23. The molecule has 15 heavy (non-hydrogen) atoms. The fraction of sp³-hybridized carbons (Fsp3) is 0.364. The lowest BCUT2D eigenvalue weighted by molar-refractivity contribution is -0.501. The second-order valence-electron chi connectivity index (χ2n) is 3.76. The highest BCUT2D eigenvalue weighted by Gasteiger charge is 2.26. The van der Waals surface area contributed by atoms with Crippen LogP contribution in [-0.2, 0) is 6.42 Å². The largest absolute Gasteiger partial charge is 0.624 e. The van der Waals surface area contributed by atoms with Gasteiger partial charge in [-0.1, -0.05) is 12.1 Å². The van der Waals surface area contributed by atoms with Gasteiger partial charge in [-0.15, -0.1) is 4.91 Å². The molecule has 78 valence electrons. The van der Waals surface area contributed by atoms with Crippen LogP contribution in [0.15, 0.2) is 23.4 Å². The van der Waals surface area contributed by atoms with E-state index < -0.39 is 0 Å². The van der Waals surface area contributed by atoms with Gasteiger partial charge in [-0.3, -0.25) is 0 Å². The summed E-state index contributed by atoms with van der Waals surface area (Å²) in [6, 6.07) is 5.10. The summed E-state index contributed by atoms with van der Waals surface area (Å²) < 4.78 is 0.715. The third kappa shape index (κ3) is 1.63. The lowest BCUT2D eigenvalue weighted by Crippen LogP contribution is -2.17. The molecule has 1 aromatic rings. The van der Waals surface area contributed by atoms with Gasteiger partial charge in [0.2, 0.25) is 0 Å². The van der Waals surface area contributed by atoms with E-state index in [9.17, 15) is 10.1 Å². The summed E-state index contributed by atoms with van der Waals surface area (Å²) in [7, 11) is 0. The van der Waals surface area contributed by atoms with Crippen molar-refractivity contribution in [1.82, 2.24) is 0 Å². The van der Waals surface area contributed by atoms with Gasteiger partial charge in [-0.25, -0.2) is 4.74 Å². The lowest BCUT2D eigenvalue weighted by atomic mass is 9.87. The molecule has 0 spiro atoms. The van der Waals surface area contributed by atoms with Gasteiger partial charge in [0, 0.05) is 12.0 Å². The van der Waals surface area contributed by atoms with Gasteiger partial charge in [0.05, 0.1) is 0 Å². The summed E-state index contributed by atoms with van der Waals surface area (Å²) in [5.41, 5.74) is 2.27. The average molecular weight is 204 g/mol. The second kappa shape index (κ2) is 3.81. The highest BCUT2D eigenvalue weighted by Crippen LogP contribution is 2.36. The summed E-state index contributed by atoms with van der Waals surface area (Å²) in [5.74, 6) is 0. The maximum absolute atomic E-state index is 11.3. The molecule has 4 heteroatoms. The van der Waals surface area contributed by atoms with E-state index in [1.807, 2.05) is 6.07 Å². The Labute approximate surface area is 87.8 Å². The van der Waals surface area contributed by atoms with Gasteiger partial charge in [0.25, 0.3) is 0 Å². The van der Waals surface area contributed by atoms with E-state index in [1.54, 1.807) is 12.1 Å². The van der Waals surface area contributed by atoms with Crippen molar-refractivity contribution in [3.63, 3.8) is 0 Å². The number of benzene rings is 1. The maximum Gasteiger partial charge on any atom is 0.188 e. The van der Waals surface area contributed by atoms with Crippen molar-refractivity contribution in [2.24, 2.45) is 5.18 Å². The third-order valence-electron chi connectivity index (χ3n) is 2.90. The minimum Gasteiger partial charge on any atom is -0.624 e. The molecule has 1 atom stereocenters. The summed E-state index contributed by atoms with van der Waals surface area (Å²) in [5, 5.41) is 14.2. The van der Waals surface area contributed by atoms with Crippen LogP contribution in [0.5, 0.6) is 0 Å². The van der Waals surface area contributed by atoms with E-state index in [0.29, 0.717) is 10.4 Å². The molecule has 1 aliphatic carbocycles. The molecule has 0 aromatic heterocycles. The molecular weight excluding hydrogens is 192 g/mol. The number of rotatable bonds is 2. The van der Waals surface area contributed by atoms with Crippen molar-refractivity contribution in [2.45, 2.75) is 25.3 Å². The van der Waals surface area contributed by atoms with Gasteiger partial charge >= 0.3 is 0 Å². The Morgan fingerprint density at radius 2 is 2.33 bits per heavy atom. The zero-order valence-corrected chi connectivity index (χ0v) is 8.35. The van der Waals surface area contributed by atoms with Gasteiger partial charge in [0.1, 0.15) is 12.4 Å². The Kier molecular flexibility index (Phi) is 2.49. The fourth-order valence-corrected chi connectivity index (χ4v) is 2.19. The Bertz CT molecular complexity index is 415. The van der Waals surface area contributed by atoms with Crippen molar-refractivity contribution < 1.29 is 4.74 Å². The summed E-state index contributed by atoms with van der Waals surface area (Å²) in [4.78, 5) is 10.6. The Hall–Kier alpha value is -1.71. The Balaban J connectivity index is 2.53. The zero-order valence-electron chi connectivity index (χ0n) is 8.35. The van der Waals surface area contributed by atoms with Crippen LogP contribution in [0.3, 0.4) is 0 Å². The highest BCUT2D eigenvalue weighted by atomic mass is 16.5. The minimum atomic E-state index is -0.226. The van der Waals surface area contributed by atoms with E-state index in [0.717, 1.165) is 30.4 Å². The normalized spacial score (nSPS) is 19.3. The van der Waals surface area contributed by atoms with E-state index >= 15 is 0 Å². The monoisotopic (exact) mass is 204 g/mol. The molecule has 1 aromatic carbocycles. The first-order valence-electron chi connectivity index (χ1n) is 4.96. The van der Waals surface area contributed by atoms with Crippen LogP contribution in [0.25, 0.3) is 0 Å². The Morgan fingerprint density at radius 1 is 1.53 bits per heavy atom. The quantitative estimate of drug-likeness (QED) is 0.244. The number of hydrogen-bond acceptors (Lipinski definition) is 3. The SMILES string of the molecule is C=[N+]([O-])C1CCCc2c(N=O)cccc21. The summed E-state index contributed by atoms with van der Waals surface area (Å²) >= 11 is 0. The molecule has 0 N–H and O–H groups in total. The predicted octanol–water partition coefficient (Wildman–Crippen LogP) is 2.67. The Morgan fingerprint density at radius 3 is 3.00 bits per heavy atom. The van der Waals surface area contributed by atoms with Crippen molar-refractivity contribution >= 4 is 12.4 Å². The fourth-order valence-electron chi connectivity index (χ4n) is 2.19. The molecule has 2 rings (SSSR count). The van der Waals surface area contributed by atoms with Crippen molar-refractivity contribution in [3.8, 4) is 0 Å². The topological polar surface area (TPSA) is 55.5 Å².